The summed E-state index contributed by atoms with van der Waals surface area (Å²) in [5.41, 5.74) is 11.1. The van der Waals surface area contributed by atoms with Crippen LogP contribution in [0.1, 0.15) is 26.2 Å². The number of nitrogens with two attached hydrogens (primary N) is 2. The summed E-state index contributed by atoms with van der Waals surface area (Å²) >= 11 is 0. The molecule has 0 bridgehead atoms. The molecule has 5 nitrogen and oxygen atoms in total. The third-order valence-electron chi connectivity index (χ3n) is 3.84. The van der Waals surface area contributed by atoms with Crippen molar-refractivity contribution in [3.63, 3.8) is 0 Å². The Balaban J connectivity index is 2.09. The molecule has 1 heterocycles. The van der Waals surface area contributed by atoms with Gasteiger partial charge in [-0.05, 0) is 26.2 Å². The number of hydrogen-bond acceptors (Lipinski definition) is 3. The molecule has 5 heteroatoms. The van der Waals surface area contributed by atoms with Crippen LogP contribution in [0.2, 0.25) is 0 Å². The third-order valence-corrected chi connectivity index (χ3v) is 3.84. The standard InChI is InChI=1S/C11H21N3O2/c1-2-16-9-7-8(14-10(12)13)11(9)3-5-15-6-4-11/h8-9H,2-7H2,1H3,(H4,12,13,14). The van der Waals surface area contributed by atoms with Crippen LogP contribution in [0, 0.1) is 5.41 Å². The molecule has 2 fully saturated rings. The molecule has 0 aromatic rings. The zero-order valence-electron chi connectivity index (χ0n) is 9.82. The van der Waals surface area contributed by atoms with Crippen LogP contribution in [0.5, 0.6) is 0 Å². The molecule has 1 saturated heterocycles. The maximum Gasteiger partial charge on any atom is 0.186 e. The first-order valence-corrected chi connectivity index (χ1v) is 5.97. The van der Waals surface area contributed by atoms with Gasteiger partial charge in [-0.15, -0.1) is 0 Å². The van der Waals surface area contributed by atoms with E-state index in [4.69, 9.17) is 20.9 Å². The lowest BCUT2D eigenvalue weighted by atomic mass is 9.58. The Kier molecular flexibility index (Phi) is 3.35. The van der Waals surface area contributed by atoms with Crippen LogP contribution in [0.4, 0.5) is 0 Å². The predicted molar refractivity (Wildman–Crippen MR) is 62.1 cm³/mol. The number of hydrogen-bond donors (Lipinski definition) is 2. The Labute approximate surface area is 96.2 Å². The van der Waals surface area contributed by atoms with Gasteiger partial charge >= 0.3 is 0 Å². The number of aliphatic imine (C=N–C) groups is 1. The normalized spacial score (nSPS) is 32.1. The van der Waals surface area contributed by atoms with E-state index in [1.54, 1.807) is 0 Å². The zero-order valence-corrected chi connectivity index (χ0v) is 9.82. The summed E-state index contributed by atoms with van der Waals surface area (Å²) < 4.78 is 11.2. The highest BCUT2D eigenvalue weighted by molar-refractivity contribution is 5.76. The molecule has 0 amide bonds. The van der Waals surface area contributed by atoms with Crippen molar-refractivity contribution >= 4 is 5.96 Å². The van der Waals surface area contributed by atoms with Crippen molar-refractivity contribution < 1.29 is 9.47 Å². The first kappa shape index (κ1) is 11.7. The minimum Gasteiger partial charge on any atom is -0.381 e. The zero-order chi connectivity index (χ0) is 11.6. The van der Waals surface area contributed by atoms with Crippen LogP contribution >= 0.6 is 0 Å². The molecule has 0 radical (unpaired) electrons. The molecule has 2 aliphatic rings. The van der Waals surface area contributed by atoms with E-state index in [9.17, 15) is 0 Å². The summed E-state index contributed by atoms with van der Waals surface area (Å²) in [5, 5.41) is 0. The van der Waals surface area contributed by atoms with Gasteiger partial charge < -0.3 is 20.9 Å². The Hall–Kier alpha value is -0.810. The Morgan fingerprint density at radius 3 is 2.69 bits per heavy atom. The molecule has 2 unspecified atom stereocenters. The van der Waals surface area contributed by atoms with E-state index in [1.165, 1.54) is 0 Å². The summed E-state index contributed by atoms with van der Waals surface area (Å²) in [6.45, 7) is 4.36. The van der Waals surface area contributed by atoms with E-state index < -0.39 is 0 Å². The van der Waals surface area contributed by atoms with Crippen LogP contribution in [-0.4, -0.2) is 37.9 Å². The lowest BCUT2D eigenvalue weighted by Gasteiger charge is -2.55. The van der Waals surface area contributed by atoms with Gasteiger partial charge in [0.05, 0.1) is 12.1 Å². The molecule has 1 saturated carbocycles. The molecule has 1 aliphatic heterocycles. The van der Waals surface area contributed by atoms with Gasteiger partial charge in [-0.25, -0.2) is 4.99 Å². The summed E-state index contributed by atoms with van der Waals surface area (Å²) in [6, 6.07) is 0.220. The van der Waals surface area contributed by atoms with E-state index in [1.807, 2.05) is 6.92 Å². The molecule has 16 heavy (non-hydrogen) atoms. The second-order valence-electron chi connectivity index (χ2n) is 4.59. The van der Waals surface area contributed by atoms with Crippen molar-refractivity contribution in [1.29, 1.82) is 0 Å². The molecule has 1 aliphatic carbocycles. The van der Waals surface area contributed by atoms with Crippen molar-refractivity contribution in [2.45, 2.75) is 38.3 Å². The molecular formula is C11H21N3O2. The van der Waals surface area contributed by atoms with Crippen LogP contribution in [-0.2, 0) is 9.47 Å². The minimum absolute atomic E-state index is 0.123. The molecule has 1 spiro atoms. The van der Waals surface area contributed by atoms with Crippen molar-refractivity contribution in [3.8, 4) is 0 Å². The van der Waals surface area contributed by atoms with Crippen LogP contribution in [0.3, 0.4) is 0 Å². The first-order valence-electron chi connectivity index (χ1n) is 5.97. The fourth-order valence-electron chi connectivity index (χ4n) is 2.93. The van der Waals surface area contributed by atoms with Gasteiger partial charge in [0, 0.05) is 25.2 Å². The van der Waals surface area contributed by atoms with Crippen molar-refractivity contribution in [2.24, 2.45) is 21.9 Å². The van der Waals surface area contributed by atoms with Crippen molar-refractivity contribution in [1.82, 2.24) is 0 Å². The van der Waals surface area contributed by atoms with Crippen LogP contribution in [0.15, 0.2) is 4.99 Å². The molecule has 0 aromatic carbocycles. The van der Waals surface area contributed by atoms with E-state index in [2.05, 4.69) is 4.99 Å². The summed E-state index contributed by atoms with van der Waals surface area (Å²) in [7, 11) is 0. The summed E-state index contributed by atoms with van der Waals surface area (Å²) in [6.07, 6.45) is 3.23. The Morgan fingerprint density at radius 1 is 1.44 bits per heavy atom. The fraction of sp³-hybridized carbons (Fsp3) is 0.909. The SMILES string of the molecule is CCOC1CC(N=C(N)N)C12CCOCC2. The maximum atomic E-state index is 5.78. The largest absolute Gasteiger partial charge is 0.381 e. The second-order valence-corrected chi connectivity index (χ2v) is 4.59. The first-order chi connectivity index (χ1) is 7.69. The van der Waals surface area contributed by atoms with Gasteiger partial charge in [0.2, 0.25) is 0 Å². The quantitative estimate of drug-likeness (QED) is 0.534. The Bertz CT molecular complexity index is 270. The van der Waals surface area contributed by atoms with E-state index >= 15 is 0 Å². The van der Waals surface area contributed by atoms with Gasteiger partial charge in [0.15, 0.2) is 5.96 Å². The predicted octanol–water partition coefficient (Wildman–Crippen LogP) is 0.234. The molecule has 2 atom stereocenters. The van der Waals surface area contributed by atoms with Crippen LogP contribution in [0.25, 0.3) is 0 Å². The highest BCUT2D eigenvalue weighted by Crippen LogP contribution is 2.52. The number of guanidine groups is 1. The number of rotatable bonds is 3. The van der Waals surface area contributed by atoms with Gasteiger partial charge in [-0.3, -0.25) is 0 Å². The molecule has 0 aromatic heterocycles. The highest BCUT2D eigenvalue weighted by atomic mass is 16.5. The molecule has 92 valence electrons. The Morgan fingerprint density at radius 2 is 2.12 bits per heavy atom. The molecule has 4 N–H and O–H groups in total. The monoisotopic (exact) mass is 227 g/mol. The fourth-order valence-corrected chi connectivity index (χ4v) is 2.93. The molecule has 2 rings (SSSR count). The lowest BCUT2D eigenvalue weighted by Crippen LogP contribution is -2.60. The lowest BCUT2D eigenvalue weighted by molar-refractivity contribution is -0.163. The number of nitrogens with zero attached hydrogens (tertiary/aromatic N) is 1. The topological polar surface area (TPSA) is 82.9 Å². The average molecular weight is 227 g/mol. The summed E-state index contributed by atoms with van der Waals surface area (Å²) in [5.74, 6) is 0.186. The van der Waals surface area contributed by atoms with Gasteiger partial charge in [-0.1, -0.05) is 0 Å². The third kappa shape index (κ3) is 1.89. The van der Waals surface area contributed by atoms with E-state index in [-0.39, 0.29) is 17.4 Å². The minimum atomic E-state index is 0.123. The smallest absolute Gasteiger partial charge is 0.186 e. The highest BCUT2D eigenvalue weighted by Gasteiger charge is 2.56. The molecular weight excluding hydrogens is 206 g/mol. The van der Waals surface area contributed by atoms with Crippen LogP contribution < -0.4 is 11.5 Å². The van der Waals surface area contributed by atoms with Crippen molar-refractivity contribution in [2.75, 3.05) is 19.8 Å². The van der Waals surface area contributed by atoms with Gasteiger partial charge in [0.1, 0.15) is 0 Å². The number of ether oxygens (including phenoxy) is 2. The maximum absolute atomic E-state index is 5.78. The second kappa shape index (κ2) is 4.59. The van der Waals surface area contributed by atoms with E-state index in [0.717, 1.165) is 39.1 Å². The van der Waals surface area contributed by atoms with Crippen molar-refractivity contribution in [3.05, 3.63) is 0 Å². The average Bonchev–Trinajstić information content (AvgIpc) is 2.28. The van der Waals surface area contributed by atoms with E-state index in [0.29, 0.717) is 6.10 Å². The van der Waals surface area contributed by atoms with Gasteiger partial charge in [-0.2, -0.15) is 0 Å². The van der Waals surface area contributed by atoms with Gasteiger partial charge in [0.25, 0.3) is 0 Å². The summed E-state index contributed by atoms with van der Waals surface area (Å²) in [4.78, 5) is 4.33.